The quantitative estimate of drug-likeness (QED) is 0.897. The van der Waals surface area contributed by atoms with Crippen LogP contribution in [0.2, 0.25) is 0 Å². The molecule has 98 valence electrons. The van der Waals surface area contributed by atoms with E-state index in [0.717, 1.165) is 11.3 Å². The molecule has 0 spiro atoms. The Morgan fingerprint density at radius 1 is 1.42 bits per heavy atom. The molecule has 0 aliphatic carbocycles. The fourth-order valence-corrected chi connectivity index (χ4v) is 2.08. The average molecular weight is 255 g/mol. The molecule has 0 fully saturated rings. The largest absolute Gasteiger partial charge is 0.366 e. The van der Waals surface area contributed by atoms with Crippen LogP contribution in [0.3, 0.4) is 0 Å². The summed E-state index contributed by atoms with van der Waals surface area (Å²) >= 11 is 0. The van der Waals surface area contributed by atoms with Crippen molar-refractivity contribution < 1.29 is 0 Å². The number of aromatic nitrogens is 2. The highest BCUT2D eigenvalue weighted by molar-refractivity contribution is 5.50. The first-order chi connectivity index (χ1) is 9.15. The highest BCUT2D eigenvalue weighted by Gasteiger charge is 2.17. The summed E-state index contributed by atoms with van der Waals surface area (Å²) in [5.74, 6) is 0. The van der Waals surface area contributed by atoms with E-state index in [9.17, 15) is 0 Å². The standard InChI is InChI=1S/C14H17N5/c1-18-10-12(9-17-18)14(8-16)19(2)13-5-3-11(7-15)4-6-13/h3-6,9-10,14H,8,16H2,1-2H3. The van der Waals surface area contributed by atoms with Crippen molar-refractivity contribution in [3.8, 4) is 6.07 Å². The lowest BCUT2D eigenvalue weighted by Crippen LogP contribution is -2.30. The molecule has 1 aromatic heterocycles. The average Bonchev–Trinajstić information content (AvgIpc) is 2.86. The number of aryl methyl sites for hydroxylation is 1. The molecule has 0 saturated heterocycles. The minimum absolute atomic E-state index is 0.0710. The molecule has 0 amide bonds. The lowest BCUT2D eigenvalue weighted by Gasteiger charge is -2.28. The van der Waals surface area contributed by atoms with Crippen molar-refractivity contribution in [3.63, 3.8) is 0 Å². The van der Waals surface area contributed by atoms with Gasteiger partial charge in [0.25, 0.3) is 0 Å². The highest BCUT2D eigenvalue weighted by atomic mass is 15.2. The van der Waals surface area contributed by atoms with Crippen LogP contribution in [-0.2, 0) is 7.05 Å². The Kier molecular flexibility index (Phi) is 3.83. The van der Waals surface area contributed by atoms with Gasteiger partial charge in [0, 0.05) is 38.1 Å². The summed E-state index contributed by atoms with van der Waals surface area (Å²) in [5.41, 5.74) is 8.64. The number of rotatable bonds is 4. The molecule has 0 radical (unpaired) electrons. The fourth-order valence-electron chi connectivity index (χ4n) is 2.08. The van der Waals surface area contributed by atoms with Gasteiger partial charge in [0.15, 0.2) is 0 Å². The number of likely N-dealkylation sites (N-methyl/N-ethyl adjacent to an activating group) is 1. The van der Waals surface area contributed by atoms with Crippen molar-refractivity contribution in [2.75, 3.05) is 18.5 Å². The Balaban J connectivity index is 2.25. The Morgan fingerprint density at radius 2 is 2.11 bits per heavy atom. The molecule has 0 aliphatic rings. The zero-order chi connectivity index (χ0) is 13.8. The monoisotopic (exact) mass is 255 g/mol. The number of nitrogens with two attached hydrogens (primary N) is 1. The van der Waals surface area contributed by atoms with Gasteiger partial charge < -0.3 is 10.6 Å². The van der Waals surface area contributed by atoms with Gasteiger partial charge in [-0.2, -0.15) is 10.4 Å². The van der Waals surface area contributed by atoms with Gasteiger partial charge in [0.05, 0.1) is 23.9 Å². The third kappa shape index (κ3) is 2.75. The van der Waals surface area contributed by atoms with Crippen LogP contribution in [0.15, 0.2) is 36.7 Å². The Bertz CT molecular complexity index is 579. The summed E-state index contributed by atoms with van der Waals surface area (Å²) in [4.78, 5) is 2.10. The van der Waals surface area contributed by atoms with Crippen LogP contribution in [-0.4, -0.2) is 23.4 Å². The van der Waals surface area contributed by atoms with E-state index in [0.29, 0.717) is 12.1 Å². The van der Waals surface area contributed by atoms with E-state index in [1.54, 1.807) is 4.68 Å². The second-order valence-corrected chi connectivity index (χ2v) is 4.47. The molecular formula is C14H17N5. The van der Waals surface area contributed by atoms with E-state index >= 15 is 0 Å². The lowest BCUT2D eigenvalue weighted by molar-refractivity contribution is 0.678. The van der Waals surface area contributed by atoms with Crippen LogP contribution in [0.5, 0.6) is 0 Å². The second-order valence-electron chi connectivity index (χ2n) is 4.47. The van der Waals surface area contributed by atoms with Crippen LogP contribution in [0.25, 0.3) is 0 Å². The van der Waals surface area contributed by atoms with Crippen molar-refractivity contribution in [2.45, 2.75) is 6.04 Å². The van der Waals surface area contributed by atoms with Crippen molar-refractivity contribution in [1.82, 2.24) is 9.78 Å². The molecule has 0 bridgehead atoms. The molecule has 2 N–H and O–H groups in total. The SMILES string of the molecule is CN(c1ccc(C#N)cc1)C(CN)c1cnn(C)c1. The Labute approximate surface area is 112 Å². The molecule has 5 heteroatoms. The van der Waals surface area contributed by atoms with E-state index in [-0.39, 0.29) is 6.04 Å². The van der Waals surface area contributed by atoms with E-state index in [1.165, 1.54) is 0 Å². The number of hydrogen-bond donors (Lipinski definition) is 1. The van der Waals surface area contributed by atoms with Gasteiger partial charge >= 0.3 is 0 Å². The predicted molar refractivity (Wildman–Crippen MR) is 74.6 cm³/mol. The van der Waals surface area contributed by atoms with Gasteiger partial charge in [-0.3, -0.25) is 4.68 Å². The molecule has 0 saturated carbocycles. The molecule has 2 rings (SSSR count). The third-order valence-electron chi connectivity index (χ3n) is 3.20. The summed E-state index contributed by atoms with van der Waals surface area (Å²) in [5, 5.41) is 13.0. The normalized spacial score (nSPS) is 11.9. The van der Waals surface area contributed by atoms with Gasteiger partial charge in [-0.05, 0) is 24.3 Å². The minimum atomic E-state index is 0.0710. The maximum absolute atomic E-state index is 8.81. The van der Waals surface area contributed by atoms with Crippen LogP contribution in [0.4, 0.5) is 5.69 Å². The lowest BCUT2D eigenvalue weighted by atomic mass is 10.1. The van der Waals surface area contributed by atoms with E-state index in [2.05, 4.69) is 16.1 Å². The van der Waals surface area contributed by atoms with Crippen molar-refractivity contribution >= 4 is 5.69 Å². The minimum Gasteiger partial charge on any atom is -0.366 e. The van der Waals surface area contributed by atoms with Gasteiger partial charge in [-0.25, -0.2) is 0 Å². The summed E-state index contributed by atoms with van der Waals surface area (Å²) < 4.78 is 1.77. The fraction of sp³-hybridized carbons (Fsp3) is 0.286. The molecular weight excluding hydrogens is 238 g/mol. The summed E-state index contributed by atoms with van der Waals surface area (Å²) in [7, 11) is 3.88. The number of anilines is 1. The predicted octanol–water partition coefficient (Wildman–Crippen LogP) is 1.43. The Hall–Kier alpha value is -2.32. The first-order valence-electron chi connectivity index (χ1n) is 6.07. The highest BCUT2D eigenvalue weighted by Crippen LogP contribution is 2.24. The summed E-state index contributed by atoms with van der Waals surface area (Å²) in [6, 6.07) is 9.66. The van der Waals surface area contributed by atoms with Crippen LogP contribution < -0.4 is 10.6 Å². The van der Waals surface area contributed by atoms with Crippen LogP contribution in [0, 0.1) is 11.3 Å². The molecule has 1 unspecified atom stereocenters. The van der Waals surface area contributed by atoms with Gasteiger partial charge in [-0.15, -0.1) is 0 Å². The first-order valence-corrected chi connectivity index (χ1v) is 6.07. The second kappa shape index (κ2) is 5.55. The van der Waals surface area contributed by atoms with E-state index < -0.39 is 0 Å². The maximum Gasteiger partial charge on any atom is 0.0991 e. The van der Waals surface area contributed by atoms with Crippen molar-refractivity contribution in [1.29, 1.82) is 5.26 Å². The van der Waals surface area contributed by atoms with Gasteiger partial charge in [0.2, 0.25) is 0 Å². The molecule has 2 aromatic rings. The van der Waals surface area contributed by atoms with Crippen LogP contribution in [0.1, 0.15) is 17.2 Å². The molecule has 0 aliphatic heterocycles. The number of benzene rings is 1. The molecule has 5 nitrogen and oxygen atoms in total. The molecule has 19 heavy (non-hydrogen) atoms. The topological polar surface area (TPSA) is 70.9 Å². The zero-order valence-electron chi connectivity index (χ0n) is 11.1. The molecule has 1 atom stereocenters. The Morgan fingerprint density at radius 3 is 2.58 bits per heavy atom. The first kappa shape index (κ1) is 13.1. The van der Waals surface area contributed by atoms with Crippen molar-refractivity contribution in [3.05, 3.63) is 47.8 Å². The molecule has 1 aromatic carbocycles. The zero-order valence-corrected chi connectivity index (χ0v) is 11.1. The molecule has 1 heterocycles. The third-order valence-corrected chi connectivity index (χ3v) is 3.20. The van der Waals surface area contributed by atoms with E-state index in [4.69, 9.17) is 11.0 Å². The number of nitriles is 1. The number of nitrogens with zero attached hydrogens (tertiary/aromatic N) is 4. The van der Waals surface area contributed by atoms with E-state index in [1.807, 2.05) is 50.8 Å². The summed E-state index contributed by atoms with van der Waals surface area (Å²) in [6.45, 7) is 0.502. The maximum atomic E-state index is 8.81. The van der Waals surface area contributed by atoms with Gasteiger partial charge in [-0.1, -0.05) is 0 Å². The number of hydrogen-bond acceptors (Lipinski definition) is 4. The van der Waals surface area contributed by atoms with Crippen LogP contribution >= 0.6 is 0 Å². The summed E-state index contributed by atoms with van der Waals surface area (Å²) in [6.07, 6.45) is 3.80. The van der Waals surface area contributed by atoms with Gasteiger partial charge in [0.1, 0.15) is 0 Å². The smallest absolute Gasteiger partial charge is 0.0991 e. The van der Waals surface area contributed by atoms with Crippen molar-refractivity contribution in [2.24, 2.45) is 12.8 Å².